The van der Waals surface area contributed by atoms with Crippen LogP contribution in [-0.4, -0.2) is 38.2 Å². The molecule has 7 heteroatoms. The van der Waals surface area contributed by atoms with E-state index in [1.807, 2.05) is 18.5 Å². The molecule has 1 saturated heterocycles. The van der Waals surface area contributed by atoms with Crippen LogP contribution in [0.3, 0.4) is 0 Å². The first-order chi connectivity index (χ1) is 13.3. The summed E-state index contributed by atoms with van der Waals surface area (Å²) in [6.45, 7) is 1.82. The smallest absolute Gasteiger partial charge is 0.142 e. The maximum Gasteiger partial charge on any atom is 0.142 e. The largest absolute Gasteiger partial charge is 0.355 e. The first-order valence-electron chi connectivity index (χ1n) is 9.12. The lowest BCUT2D eigenvalue weighted by Gasteiger charge is -2.33. The van der Waals surface area contributed by atoms with Gasteiger partial charge >= 0.3 is 0 Å². The van der Waals surface area contributed by atoms with Crippen LogP contribution in [0.4, 0.5) is 10.2 Å². The number of nitrogens with one attached hydrogen (secondary N) is 2. The highest BCUT2D eigenvalue weighted by molar-refractivity contribution is 5.87. The molecule has 1 aliphatic heterocycles. The van der Waals surface area contributed by atoms with Crippen molar-refractivity contribution >= 4 is 16.9 Å². The minimum Gasteiger partial charge on any atom is -0.355 e. The molecule has 3 aromatic heterocycles. The quantitative estimate of drug-likeness (QED) is 0.580. The van der Waals surface area contributed by atoms with Gasteiger partial charge in [0.25, 0.3) is 0 Å². The maximum atomic E-state index is 13.3. The number of H-pyrrole nitrogens is 2. The van der Waals surface area contributed by atoms with E-state index < -0.39 is 0 Å². The molecular formula is C20H19FN6. The fourth-order valence-corrected chi connectivity index (χ4v) is 3.98. The van der Waals surface area contributed by atoms with Crippen LogP contribution in [0.1, 0.15) is 24.5 Å². The fraction of sp³-hybridized carbons (Fsp3) is 0.250. The Morgan fingerprint density at radius 3 is 2.89 bits per heavy atom. The number of halogens is 1. The van der Waals surface area contributed by atoms with Crippen LogP contribution in [0, 0.1) is 5.82 Å². The molecule has 0 aliphatic carbocycles. The molecule has 0 spiro atoms. The van der Waals surface area contributed by atoms with E-state index in [0.29, 0.717) is 5.92 Å². The van der Waals surface area contributed by atoms with Crippen molar-refractivity contribution in [1.29, 1.82) is 0 Å². The summed E-state index contributed by atoms with van der Waals surface area (Å²) in [5.74, 6) is 1.05. The Kier molecular flexibility index (Phi) is 3.85. The molecule has 5 rings (SSSR count). The second kappa shape index (κ2) is 6.50. The molecule has 0 bridgehead atoms. The van der Waals surface area contributed by atoms with Gasteiger partial charge < -0.3 is 9.88 Å². The highest BCUT2D eigenvalue weighted by atomic mass is 19.1. The van der Waals surface area contributed by atoms with Gasteiger partial charge in [0, 0.05) is 36.5 Å². The van der Waals surface area contributed by atoms with Gasteiger partial charge in [-0.1, -0.05) is 12.1 Å². The topological polar surface area (TPSA) is 73.5 Å². The maximum absolute atomic E-state index is 13.3. The van der Waals surface area contributed by atoms with Crippen molar-refractivity contribution in [2.45, 2.75) is 18.8 Å². The molecule has 1 aliphatic rings. The number of fused-ring (bicyclic) bond motifs is 1. The lowest BCUT2D eigenvalue weighted by atomic mass is 9.90. The average Bonchev–Trinajstić information content (AvgIpc) is 3.38. The normalized spacial score (nSPS) is 17.5. The van der Waals surface area contributed by atoms with Gasteiger partial charge in [-0.15, -0.1) is 0 Å². The van der Waals surface area contributed by atoms with E-state index in [0.717, 1.165) is 59.6 Å². The summed E-state index contributed by atoms with van der Waals surface area (Å²) in [6, 6.07) is 8.61. The van der Waals surface area contributed by atoms with E-state index in [1.165, 1.54) is 12.1 Å². The van der Waals surface area contributed by atoms with E-state index in [1.54, 1.807) is 18.5 Å². The molecule has 0 radical (unpaired) electrons. The van der Waals surface area contributed by atoms with Gasteiger partial charge in [-0.3, -0.25) is 5.10 Å². The van der Waals surface area contributed by atoms with Crippen molar-refractivity contribution < 1.29 is 4.39 Å². The second-order valence-electron chi connectivity index (χ2n) is 6.93. The molecule has 0 saturated carbocycles. The van der Waals surface area contributed by atoms with Gasteiger partial charge in [0.05, 0.1) is 11.6 Å². The number of rotatable bonds is 3. The molecular weight excluding hydrogens is 343 g/mol. The van der Waals surface area contributed by atoms with Gasteiger partial charge in [0.15, 0.2) is 0 Å². The standard InChI is InChI=1S/C20H19FN6/c21-15-5-3-13(4-6-15)17-10-25-26-18(17)14-2-1-9-27(11-14)20-16-7-8-22-19(16)23-12-24-20/h3-8,10,12,14H,1-2,9,11H2,(H,25,26)(H,22,23,24). The van der Waals surface area contributed by atoms with Crippen molar-refractivity contribution in [3.63, 3.8) is 0 Å². The first kappa shape index (κ1) is 16.0. The molecule has 6 nitrogen and oxygen atoms in total. The number of hydrogen-bond acceptors (Lipinski definition) is 4. The van der Waals surface area contributed by atoms with Gasteiger partial charge in [-0.25, -0.2) is 14.4 Å². The number of benzene rings is 1. The first-order valence-corrected chi connectivity index (χ1v) is 9.12. The van der Waals surface area contributed by atoms with Crippen molar-refractivity contribution in [2.24, 2.45) is 0 Å². The summed E-state index contributed by atoms with van der Waals surface area (Å²) in [5.41, 5.74) is 3.98. The van der Waals surface area contributed by atoms with Crippen molar-refractivity contribution in [1.82, 2.24) is 25.1 Å². The van der Waals surface area contributed by atoms with E-state index in [4.69, 9.17) is 0 Å². The van der Waals surface area contributed by atoms with Gasteiger partial charge in [-0.2, -0.15) is 5.10 Å². The molecule has 4 heterocycles. The molecule has 27 heavy (non-hydrogen) atoms. The molecule has 0 amide bonds. The monoisotopic (exact) mass is 362 g/mol. The van der Waals surface area contributed by atoms with Crippen molar-refractivity contribution in [3.05, 3.63) is 60.6 Å². The summed E-state index contributed by atoms with van der Waals surface area (Å²) in [6.07, 6.45) is 7.48. The molecule has 136 valence electrons. The summed E-state index contributed by atoms with van der Waals surface area (Å²) < 4.78 is 13.3. The van der Waals surface area contributed by atoms with E-state index in [9.17, 15) is 4.39 Å². The third-order valence-corrected chi connectivity index (χ3v) is 5.29. The highest BCUT2D eigenvalue weighted by Gasteiger charge is 2.27. The number of piperidine rings is 1. The third kappa shape index (κ3) is 2.85. The van der Waals surface area contributed by atoms with E-state index in [2.05, 4.69) is 30.0 Å². The Bertz CT molecular complexity index is 1070. The number of hydrogen-bond donors (Lipinski definition) is 2. The fourth-order valence-electron chi connectivity index (χ4n) is 3.98. The number of aromatic amines is 2. The van der Waals surface area contributed by atoms with Crippen LogP contribution in [0.25, 0.3) is 22.2 Å². The Balaban J connectivity index is 1.46. The molecule has 4 aromatic rings. The van der Waals surface area contributed by atoms with Crippen LogP contribution in [0.2, 0.25) is 0 Å². The van der Waals surface area contributed by atoms with Crippen LogP contribution in [0.5, 0.6) is 0 Å². The van der Waals surface area contributed by atoms with Crippen molar-refractivity contribution in [2.75, 3.05) is 18.0 Å². The van der Waals surface area contributed by atoms with E-state index >= 15 is 0 Å². The molecule has 1 fully saturated rings. The van der Waals surface area contributed by atoms with Crippen LogP contribution in [0.15, 0.2) is 49.1 Å². The molecule has 1 atom stereocenters. The zero-order valence-electron chi connectivity index (χ0n) is 14.7. The summed E-state index contributed by atoms with van der Waals surface area (Å²) in [4.78, 5) is 14.3. The van der Waals surface area contributed by atoms with Crippen molar-refractivity contribution in [3.8, 4) is 11.1 Å². The Morgan fingerprint density at radius 2 is 2.00 bits per heavy atom. The highest BCUT2D eigenvalue weighted by Crippen LogP contribution is 2.35. The SMILES string of the molecule is Fc1ccc(-c2cn[nH]c2C2CCCN(c3ncnc4[nH]ccc34)C2)cc1. The van der Waals surface area contributed by atoms with Gasteiger partial charge in [0.2, 0.25) is 0 Å². The lowest BCUT2D eigenvalue weighted by Crippen LogP contribution is -2.35. The minimum atomic E-state index is -0.230. The summed E-state index contributed by atoms with van der Waals surface area (Å²) >= 11 is 0. The minimum absolute atomic E-state index is 0.230. The Morgan fingerprint density at radius 1 is 1.11 bits per heavy atom. The van der Waals surface area contributed by atoms with Gasteiger partial charge in [0.1, 0.15) is 23.6 Å². The lowest BCUT2D eigenvalue weighted by molar-refractivity contribution is 0.499. The third-order valence-electron chi connectivity index (χ3n) is 5.29. The number of nitrogens with zero attached hydrogens (tertiary/aromatic N) is 4. The van der Waals surface area contributed by atoms with Gasteiger partial charge in [-0.05, 0) is 36.6 Å². The molecule has 2 N–H and O–H groups in total. The zero-order valence-corrected chi connectivity index (χ0v) is 14.7. The predicted octanol–water partition coefficient (Wildman–Crippen LogP) is 3.87. The Hall–Kier alpha value is -3.22. The zero-order chi connectivity index (χ0) is 18.2. The van der Waals surface area contributed by atoms with E-state index in [-0.39, 0.29) is 5.82 Å². The Labute approximate surface area is 155 Å². The predicted molar refractivity (Wildman–Crippen MR) is 102 cm³/mol. The molecule has 1 aromatic carbocycles. The average molecular weight is 362 g/mol. The number of anilines is 1. The van der Waals surface area contributed by atoms with Crippen LogP contribution >= 0.6 is 0 Å². The second-order valence-corrected chi connectivity index (χ2v) is 6.93. The summed E-state index contributed by atoms with van der Waals surface area (Å²) in [5, 5.41) is 8.49. The number of aromatic nitrogens is 5. The van der Waals surface area contributed by atoms with Crippen LogP contribution < -0.4 is 4.90 Å². The van der Waals surface area contributed by atoms with Crippen LogP contribution in [-0.2, 0) is 0 Å². The summed E-state index contributed by atoms with van der Waals surface area (Å²) in [7, 11) is 0. The molecule has 1 unspecified atom stereocenters.